The quantitative estimate of drug-likeness (QED) is 0.0261. The minimum Gasteiger partial charge on any atom is -0.462 e. The van der Waals surface area contributed by atoms with E-state index in [2.05, 4.69) is 81.5 Å². The van der Waals surface area contributed by atoms with E-state index >= 15 is 0 Å². The number of ether oxygens (including phenoxy) is 3. The first-order valence-electron chi connectivity index (χ1n) is 32.8. The third-order valence-corrected chi connectivity index (χ3v) is 14.5. The average Bonchev–Trinajstić information content (AvgIpc) is 3.41. The Bertz CT molecular complexity index is 1340. The van der Waals surface area contributed by atoms with Crippen molar-refractivity contribution in [3.8, 4) is 0 Å². The van der Waals surface area contributed by atoms with Crippen LogP contribution in [0.1, 0.15) is 342 Å². The summed E-state index contributed by atoms with van der Waals surface area (Å²) in [6.07, 6.45) is 80.9. The van der Waals surface area contributed by atoms with Gasteiger partial charge in [-0.15, -0.1) is 0 Å². The van der Waals surface area contributed by atoms with Gasteiger partial charge in [-0.2, -0.15) is 0 Å². The molecule has 0 aliphatic rings. The second kappa shape index (κ2) is 63.6. The third-order valence-electron chi connectivity index (χ3n) is 14.5. The molecule has 0 radical (unpaired) electrons. The Labute approximate surface area is 466 Å². The summed E-state index contributed by atoms with van der Waals surface area (Å²) in [5, 5.41) is 0. The van der Waals surface area contributed by atoms with E-state index in [0.29, 0.717) is 19.3 Å². The van der Waals surface area contributed by atoms with Crippen molar-refractivity contribution in [1.82, 2.24) is 0 Å². The van der Waals surface area contributed by atoms with Crippen molar-refractivity contribution >= 4 is 17.9 Å². The van der Waals surface area contributed by atoms with Gasteiger partial charge in [0, 0.05) is 19.3 Å². The van der Waals surface area contributed by atoms with Gasteiger partial charge in [-0.3, -0.25) is 14.4 Å². The van der Waals surface area contributed by atoms with Crippen LogP contribution in [-0.2, 0) is 28.6 Å². The molecule has 75 heavy (non-hydrogen) atoms. The van der Waals surface area contributed by atoms with Gasteiger partial charge < -0.3 is 14.2 Å². The Kier molecular flexibility index (Phi) is 61.2. The molecule has 0 aromatic rings. The lowest BCUT2D eigenvalue weighted by atomic mass is 10.0. The highest BCUT2D eigenvalue weighted by atomic mass is 16.6. The molecule has 6 nitrogen and oxygen atoms in total. The molecule has 436 valence electrons. The number of carbonyl (C=O) groups excluding carboxylic acids is 3. The van der Waals surface area contributed by atoms with Crippen LogP contribution in [0.25, 0.3) is 0 Å². The van der Waals surface area contributed by atoms with E-state index in [1.807, 2.05) is 0 Å². The number of allylic oxidation sites excluding steroid dienone is 10. The molecule has 0 aromatic carbocycles. The molecule has 0 fully saturated rings. The van der Waals surface area contributed by atoms with Crippen molar-refractivity contribution in [1.29, 1.82) is 0 Å². The summed E-state index contributed by atoms with van der Waals surface area (Å²) < 4.78 is 16.9. The second-order valence-corrected chi connectivity index (χ2v) is 22.0. The van der Waals surface area contributed by atoms with Crippen LogP contribution < -0.4 is 0 Å². The number of unbranched alkanes of at least 4 members (excludes halogenated alkanes) is 39. The minimum atomic E-state index is -0.802. The van der Waals surface area contributed by atoms with Gasteiger partial charge in [0.2, 0.25) is 0 Å². The molecule has 0 aliphatic carbocycles. The molecule has 0 rings (SSSR count). The largest absolute Gasteiger partial charge is 0.462 e. The highest BCUT2D eigenvalue weighted by molar-refractivity contribution is 5.71. The predicted molar refractivity (Wildman–Crippen MR) is 325 cm³/mol. The van der Waals surface area contributed by atoms with Crippen LogP contribution in [0.2, 0.25) is 0 Å². The Morgan fingerprint density at radius 1 is 0.267 bits per heavy atom. The van der Waals surface area contributed by atoms with Gasteiger partial charge in [0.15, 0.2) is 6.10 Å². The summed E-state index contributed by atoms with van der Waals surface area (Å²) in [7, 11) is 0. The molecular weight excluding hydrogens is 925 g/mol. The molecular formula is C69H124O6. The first kappa shape index (κ1) is 72.1. The molecule has 0 aliphatic heterocycles. The van der Waals surface area contributed by atoms with Gasteiger partial charge in [-0.1, -0.05) is 300 Å². The van der Waals surface area contributed by atoms with Crippen LogP contribution >= 0.6 is 0 Å². The van der Waals surface area contributed by atoms with E-state index in [1.54, 1.807) is 0 Å². The summed E-state index contributed by atoms with van der Waals surface area (Å²) in [6.45, 7) is 6.62. The van der Waals surface area contributed by atoms with Crippen molar-refractivity contribution in [2.45, 2.75) is 348 Å². The molecule has 1 atom stereocenters. The lowest BCUT2D eigenvalue weighted by molar-refractivity contribution is -0.167. The Morgan fingerprint density at radius 3 is 0.827 bits per heavy atom. The molecule has 0 unspecified atom stereocenters. The zero-order valence-corrected chi connectivity index (χ0v) is 50.1. The van der Waals surface area contributed by atoms with Crippen LogP contribution in [0.15, 0.2) is 60.8 Å². The fourth-order valence-electron chi connectivity index (χ4n) is 9.55. The van der Waals surface area contributed by atoms with E-state index in [-0.39, 0.29) is 37.5 Å². The van der Waals surface area contributed by atoms with Crippen LogP contribution in [0, 0.1) is 0 Å². The fourth-order valence-corrected chi connectivity index (χ4v) is 9.55. The maximum Gasteiger partial charge on any atom is 0.306 e. The van der Waals surface area contributed by atoms with Crippen LogP contribution in [0.4, 0.5) is 0 Å². The molecule has 0 N–H and O–H groups in total. The molecule has 0 heterocycles. The van der Waals surface area contributed by atoms with Crippen molar-refractivity contribution in [2.24, 2.45) is 0 Å². The van der Waals surface area contributed by atoms with E-state index in [4.69, 9.17) is 14.2 Å². The summed E-state index contributed by atoms with van der Waals surface area (Å²) >= 11 is 0. The molecule has 0 spiro atoms. The fraction of sp³-hybridized carbons (Fsp3) is 0.812. The number of rotatable bonds is 60. The predicted octanol–water partition coefficient (Wildman–Crippen LogP) is 22.3. The monoisotopic (exact) mass is 1050 g/mol. The van der Waals surface area contributed by atoms with Gasteiger partial charge in [0.05, 0.1) is 0 Å². The normalized spacial score (nSPS) is 12.4. The lowest BCUT2D eigenvalue weighted by Crippen LogP contribution is -2.30. The summed E-state index contributed by atoms with van der Waals surface area (Å²) in [4.78, 5) is 38.3. The molecule has 0 saturated carbocycles. The number of hydrogen-bond donors (Lipinski definition) is 0. The number of esters is 3. The zero-order valence-electron chi connectivity index (χ0n) is 50.1. The van der Waals surface area contributed by atoms with Gasteiger partial charge >= 0.3 is 17.9 Å². The summed E-state index contributed by atoms with van der Waals surface area (Å²) in [5.74, 6) is -0.930. The van der Waals surface area contributed by atoms with Gasteiger partial charge in [0.25, 0.3) is 0 Å². The van der Waals surface area contributed by atoms with Gasteiger partial charge in [0.1, 0.15) is 13.2 Å². The van der Waals surface area contributed by atoms with Crippen LogP contribution in [0.5, 0.6) is 0 Å². The van der Waals surface area contributed by atoms with Gasteiger partial charge in [-0.05, 0) is 83.5 Å². The lowest BCUT2D eigenvalue weighted by Gasteiger charge is -2.18. The Morgan fingerprint density at radius 2 is 0.493 bits per heavy atom. The number of carbonyl (C=O) groups is 3. The SMILES string of the molecule is CCCCC/C=C\C/C=C\C/C=C\C/C=C\CCCC(=O)O[C@H](COC(=O)CCCCCCCCCCCCC/C=C\CCCCCCCC)COC(=O)CCCCCCCCCCCCCCCCCCCCC. The first-order chi connectivity index (χ1) is 37.0. The molecule has 0 bridgehead atoms. The van der Waals surface area contributed by atoms with E-state index in [1.165, 1.54) is 231 Å². The molecule has 6 heteroatoms. The topological polar surface area (TPSA) is 78.9 Å². The van der Waals surface area contributed by atoms with E-state index < -0.39 is 6.10 Å². The smallest absolute Gasteiger partial charge is 0.306 e. The van der Waals surface area contributed by atoms with Crippen molar-refractivity contribution < 1.29 is 28.6 Å². The average molecular weight is 1050 g/mol. The maximum atomic E-state index is 12.9. The van der Waals surface area contributed by atoms with Gasteiger partial charge in [-0.25, -0.2) is 0 Å². The third kappa shape index (κ3) is 61.8. The van der Waals surface area contributed by atoms with Crippen LogP contribution in [0.3, 0.4) is 0 Å². The van der Waals surface area contributed by atoms with E-state index in [0.717, 1.165) is 64.2 Å². The van der Waals surface area contributed by atoms with E-state index in [9.17, 15) is 14.4 Å². The highest BCUT2D eigenvalue weighted by Gasteiger charge is 2.19. The first-order valence-corrected chi connectivity index (χ1v) is 32.8. The summed E-state index contributed by atoms with van der Waals surface area (Å²) in [6, 6.07) is 0. The maximum absolute atomic E-state index is 12.9. The standard InChI is InChI=1S/C69H124O6/c1-4-7-10-13-16-19-22-25-28-31-33-34-36-39-41-44-47-50-53-56-59-62-68(71)74-65-66(75-69(72)63-60-57-54-51-48-45-42-37-30-27-24-21-18-15-12-9-6-3)64-73-67(70)61-58-55-52-49-46-43-40-38-35-32-29-26-23-20-17-14-11-8-5-2/h18,21,25,27-28,30,42,45,51,54,66H,4-17,19-20,22-24,26,29,31-41,43-44,46-50,52-53,55-65H2,1-3H3/b21-18-,28-25-,30-27-,45-42-,54-51-/t66-/m0/s1. The molecule has 0 amide bonds. The van der Waals surface area contributed by atoms with Crippen molar-refractivity contribution in [3.63, 3.8) is 0 Å². The molecule has 0 aromatic heterocycles. The Hall–Kier alpha value is -2.89. The second-order valence-electron chi connectivity index (χ2n) is 22.0. The summed E-state index contributed by atoms with van der Waals surface area (Å²) in [5.41, 5.74) is 0. The van der Waals surface area contributed by atoms with Crippen LogP contribution in [-0.4, -0.2) is 37.2 Å². The highest BCUT2D eigenvalue weighted by Crippen LogP contribution is 2.17. The number of hydrogen-bond acceptors (Lipinski definition) is 6. The van der Waals surface area contributed by atoms with Crippen molar-refractivity contribution in [3.05, 3.63) is 60.8 Å². The molecule has 0 saturated heterocycles. The van der Waals surface area contributed by atoms with Crippen molar-refractivity contribution in [2.75, 3.05) is 13.2 Å². The minimum absolute atomic E-state index is 0.0924. The Balaban J connectivity index is 4.39. The zero-order chi connectivity index (χ0) is 54.3.